The first-order valence-electron chi connectivity index (χ1n) is 6.94. The zero-order chi connectivity index (χ0) is 13.0. The smallest absolute Gasteiger partial charge is 0.0640 e. The molecule has 1 unspecified atom stereocenters. The molecule has 0 spiro atoms. The first-order valence-corrected chi connectivity index (χ1v) is 7.32. The summed E-state index contributed by atoms with van der Waals surface area (Å²) in [7, 11) is 0. The summed E-state index contributed by atoms with van der Waals surface area (Å²) < 4.78 is 0. The van der Waals surface area contributed by atoms with Crippen molar-refractivity contribution in [3.63, 3.8) is 0 Å². The molecule has 0 aliphatic carbocycles. The highest BCUT2D eigenvalue weighted by Crippen LogP contribution is 2.25. The Bertz CT molecular complexity index is 392. The standard InChI is InChI=1S/C15H23ClN2/c1-3-18-9-4-5-13(8-10-18)17-15-7-6-12(2)11-14(15)16/h6-7,11,13,17H,3-5,8-10H2,1-2H3. The highest BCUT2D eigenvalue weighted by molar-refractivity contribution is 6.33. The average molecular weight is 267 g/mol. The lowest BCUT2D eigenvalue weighted by Gasteiger charge is -2.20. The number of anilines is 1. The molecule has 1 fully saturated rings. The molecule has 100 valence electrons. The zero-order valence-electron chi connectivity index (χ0n) is 11.4. The van der Waals surface area contributed by atoms with E-state index in [0.717, 1.165) is 17.3 Å². The first-order chi connectivity index (χ1) is 8.69. The maximum Gasteiger partial charge on any atom is 0.0640 e. The van der Waals surface area contributed by atoms with Crippen LogP contribution in [0.25, 0.3) is 0 Å². The minimum atomic E-state index is 0.557. The first kappa shape index (κ1) is 13.7. The van der Waals surface area contributed by atoms with Crippen molar-refractivity contribution >= 4 is 17.3 Å². The lowest BCUT2D eigenvalue weighted by molar-refractivity contribution is 0.300. The molecular formula is C15H23ClN2. The molecule has 18 heavy (non-hydrogen) atoms. The zero-order valence-corrected chi connectivity index (χ0v) is 12.1. The second-order valence-electron chi connectivity index (χ2n) is 5.19. The molecular weight excluding hydrogens is 244 g/mol. The Balaban J connectivity index is 1.96. The van der Waals surface area contributed by atoms with E-state index in [1.54, 1.807) is 0 Å². The largest absolute Gasteiger partial charge is 0.381 e. The molecule has 1 heterocycles. The van der Waals surface area contributed by atoms with Crippen molar-refractivity contribution in [1.29, 1.82) is 0 Å². The van der Waals surface area contributed by atoms with Crippen LogP contribution in [0.3, 0.4) is 0 Å². The molecule has 1 aliphatic heterocycles. The minimum Gasteiger partial charge on any atom is -0.381 e. The number of rotatable bonds is 3. The van der Waals surface area contributed by atoms with Crippen molar-refractivity contribution in [3.8, 4) is 0 Å². The van der Waals surface area contributed by atoms with Crippen LogP contribution in [0.2, 0.25) is 5.02 Å². The van der Waals surface area contributed by atoms with Crippen LogP contribution < -0.4 is 5.32 Å². The molecule has 0 radical (unpaired) electrons. The van der Waals surface area contributed by atoms with Gasteiger partial charge >= 0.3 is 0 Å². The summed E-state index contributed by atoms with van der Waals surface area (Å²) in [4.78, 5) is 2.53. The Morgan fingerprint density at radius 2 is 2.17 bits per heavy atom. The topological polar surface area (TPSA) is 15.3 Å². The molecule has 1 aliphatic rings. The summed E-state index contributed by atoms with van der Waals surface area (Å²) in [6.07, 6.45) is 3.72. The summed E-state index contributed by atoms with van der Waals surface area (Å²) in [5.74, 6) is 0. The number of nitrogens with one attached hydrogen (secondary N) is 1. The fourth-order valence-corrected chi connectivity index (χ4v) is 2.86. The Hall–Kier alpha value is -0.730. The summed E-state index contributed by atoms with van der Waals surface area (Å²) in [6, 6.07) is 6.80. The Labute approximate surface area is 115 Å². The predicted molar refractivity (Wildman–Crippen MR) is 79.6 cm³/mol. The highest BCUT2D eigenvalue weighted by atomic mass is 35.5. The van der Waals surface area contributed by atoms with Crippen molar-refractivity contribution in [3.05, 3.63) is 28.8 Å². The van der Waals surface area contributed by atoms with E-state index < -0.39 is 0 Å². The SMILES string of the molecule is CCN1CCCC(Nc2ccc(C)cc2Cl)CC1. The maximum atomic E-state index is 6.27. The van der Waals surface area contributed by atoms with Crippen LogP contribution in [0.4, 0.5) is 5.69 Å². The quantitative estimate of drug-likeness (QED) is 0.892. The van der Waals surface area contributed by atoms with Crippen molar-refractivity contribution in [1.82, 2.24) is 4.90 Å². The number of likely N-dealkylation sites (tertiary alicyclic amines) is 1. The normalized spacial score (nSPS) is 21.6. The molecule has 0 saturated carbocycles. The van der Waals surface area contributed by atoms with E-state index in [4.69, 9.17) is 11.6 Å². The molecule has 1 saturated heterocycles. The summed E-state index contributed by atoms with van der Waals surface area (Å²) >= 11 is 6.27. The third kappa shape index (κ3) is 3.63. The fraction of sp³-hybridized carbons (Fsp3) is 0.600. The van der Waals surface area contributed by atoms with Gasteiger partial charge in [0, 0.05) is 12.6 Å². The molecule has 2 nitrogen and oxygen atoms in total. The van der Waals surface area contributed by atoms with Gasteiger partial charge in [-0.25, -0.2) is 0 Å². The molecule has 2 rings (SSSR count). The molecule has 0 aromatic heterocycles. The molecule has 0 amide bonds. The monoisotopic (exact) mass is 266 g/mol. The summed E-state index contributed by atoms with van der Waals surface area (Å²) in [5, 5.41) is 4.44. The van der Waals surface area contributed by atoms with Gasteiger partial charge in [-0.3, -0.25) is 0 Å². The molecule has 0 bridgehead atoms. The Kier molecular flexibility index (Phi) is 4.90. The third-order valence-electron chi connectivity index (χ3n) is 3.75. The number of halogens is 1. The van der Waals surface area contributed by atoms with Gasteiger partial charge in [-0.2, -0.15) is 0 Å². The lowest BCUT2D eigenvalue weighted by Crippen LogP contribution is -2.26. The van der Waals surface area contributed by atoms with E-state index in [9.17, 15) is 0 Å². The van der Waals surface area contributed by atoms with Crippen LogP contribution in [-0.4, -0.2) is 30.6 Å². The van der Waals surface area contributed by atoms with Crippen LogP contribution in [0, 0.1) is 6.92 Å². The van der Waals surface area contributed by atoms with E-state index >= 15 is 0 Å². The number of nitrogens with zero attached hydrogens (tertiary/aromatic N) is 1. The van der Waals surface area contributed by atoms with Gasteiger partial charge in [0.05, 0.1) is 10.7 Å². The molecule has 1 N–H and O–H groups in total. The predicted octanol–water partition coefficient (Wildman–Crippen LogP) is 3.93. The van der Waals surface area contributed by atoms with Crippen LogP contribution in [0.15, 0.2) is 18.2 Å². The third-order valence-corrected chi connectivity index (χ3v) is 4.06. The van der Waals surface area contributed by atoms with Gasteiger partial charge in [0.2, 0.25) is 0 Å². The van der Waals surface area contributed by atoms with Crippen LogP contribution in [0.1, 0.15) is 31.7 Å². The van der Waals surface area contributed by atoms with E-state index in [-0.39, 0.29) is 0 Å². The Morgan fingerprint density at radius 3 is 2.89 bits per heavy atom. The van der Waals surface area contributed by atoms with Gasteiger partial charge in [-0.15, -0.1) is 0 Å². The lowest BCUT2D eigenvalue weighted by atomic mass is 10.1. The van der Waals surface area contributed by atoms with Crippen molar-refractivity contribution in [2.45, 2.75) is 39.2 Å². The van der Waals surface area contributed by atoms with Gasteiger partial charge in [-0.05, 0) is 57.0 Å². The van der Waals surface area contributed by atoms with E-state index in [1.165, 1.54) is 37.9 Å². The molecule has 1 aromatic rings. The highest BCUT2D eigenvalue weighted by Gasteiger charge is 2.16. The van der Waals surface area contributed by atoms with E-state index in [2.05, 4.69) is 36.2 Å². The van der Waals surface area contributed by atoms with Gasteiger partial charge in [0.25, 0.3) is 0 Å². The number of hydrogen-bond acceptors (Lipinski definition) is 2. The van der Waals surface area contributed by atoms with E-state index in [1.807, 2.05) is 6.07 Å². The minimum absolute atomic E-state index is 0.557. The summed E-state index contributed by atoms with van der Waals surface area (Å²) in [6.45, 7) is 7.90. The molecule has 1 aromatic carbocycles. The van der Waals surface area contributed by atoms with Crippen LogP contribution in [0.5, 0.6) is 0 Å². The Morgan fingerprint density at radius 1 is 1.33 bits per heavy atom. The number of benzene rings is 1. The van der Waals surface area contributed by atoms with Crippen molar-refractivity contribution < 1.29 is 0 Å². The van der Waals surface area contributed by atoms with Crippen molar-refractivity contribution in [2.24, 2.45) is 0 Å². The second kappa shape index (κ2) is 6.44. The molecule has 1 atom stereocenters. The van der Waals surface area contributed by atoms with Gasteiger partial charge in [-0.1, -0.05) is 24.6 Å². The number of hydrogen-bond donors (Lipinski definition) is 1. The van der Waals surface area contributed by atoms with Crippen LogP contribution in [-0.2, 0) is 0 Å². The summed E-state index contributed by atoms with van der Waals surface area (Å²) in [5.41, 5.74) is 2.29. The van der Waals surface area contributed by atoms with Crippen molar-refractivity contribution in [2.75, 3.05) is 25.0 Å². The van der Waals surface area contributed by atoms with Crippen LogP contribution >= 0.6 is 11.6 Å². The number of aryl methyl sites for hydroxylation is 1. The van der Waals surface area contributed by atoms with Gasteiger partial charge < -0.3 is 10.2 Å². The molecule has 3 heteroatoms. The maximum absolute atomic E-state index is 6.27. The van der Waals surface area contributed by atoms with E-state index in [0.29, 0.717) is 6.04 Å². The second-order valence-corrected chi connectivity index (χ2v) is 5.60. The fourth-order valence-electron chi connectivity index (χ4n) is 2.57. The average Bonchev–Trinajstić information content (AvgIpc) is 2.58. The van der Waals surface area contributed by atoms with Gasteiger partial charge in [0.15, 0.2) is 0 Å². The van der Waals surface area contributed by atoms with Gasteiger partial charge in [0.1, 0.15) is 0 Å².